The average Bonchev–Trinajstić information content (AvgIpc) is 3.30. The SMILES string of the molecule is O=C(/C=C/c1ccc(-c2ccccc2)o1)Nc1ccc(NC(=O)c2ccccc2)c(Br)c1. The highest BCUT2D eigenvalue weighted by Gasteiger charge is 2.09. The maximum Gasteiger partial charge on any atom is 0.255 e. The number of halogens is 1. The number of anilines is 2. The predicted molar refractivity (Wildman–Crippen MR) is 130 cm³/mol. The Balaban J connectivity index is 1.37. The highest BCUT2D eigenvalue weighted by atomic mass is 79.9. The molecular formula is C26H19BrN2O3. The second-order valence-corrected chi connectivity index (χ2v) is 7.76. The van der Waals surface area contributed by atoms with Crippen molar-refractivity contribution in [2.24, 2.45) is 0 Å². The Bertz CT molecular complexity index is 1260. The van der Waals surface area contributed by atoms with Crippen LogP contribution in [0.3, 0.4) is 0 Å². The van der Waals surface area contributed by atoms with Crippen molar-refractivity contribution in [3.63, 3.8) is 0 Å². The molecule has 0 aliphatic rings. The molecule has 0 aliphatic carbocycles. The third-order valence-corrected chi connectivity index (χ3v) is 5.26. The lowest BCUT2D eigenvalue weighted by Crippen LogP contribution is -2.12. The van der Waals surface area contributed by atoms with Gasteiger partial charge in [-0.1, -0.05) is 48.5 Å². The molecule has 3 aromatic carbocycles. The summed E-state index contributed by atoms with van der Waals surface area (Å²) in [4.78, 5) is 24.6. The van der Waals surface area contributed by atoms with Gasteiger partial charge in [0.25, 0.3) is 5.91 Å². The molecule has 0 atom stereocenters. The second-order valence-electron chi connectivity index (χ2n) is 6.91. The maximum absolute atomic E-state index is 12.3. The van der Waals surface area contributed by atoms with Crippen molar-refractivity contribution in [3.8, 4) is 11.3 Å². The first kappa shape index (κ1) is 21.3. The normalized spacial score (nSPS) is 10.8. The van der Waals surface area contributed by atoms with Gasteiger partial charge in [-0.3, -0.25) is 9.59 Å². The Hall–Kier alpha value is -3.90. The molecule has 0 unspecified atom stereocenters. The average molecular weight is 487 g/mol. The van der Waals surface area contributed by atoms with Crippen LogP contribution >= 0.6 is 15.9 Å². The third kappa shape index (κ3) is 5.42. The molecule has 0 bridgehead atoms. The zero-order valence-electron chi connectivity index (χ0n) is 16.9. The molecule has 0 aliphatic heterocycles. The summed E-state index contributed by atoms with van der Waals surface area (Å²) in [5.41, 5.74) is 2.74. The summed E-state index contributed by atoms with van der Waals surface area (Å²) in [6, 6.07) is 27.6. The van der Waals surface area contributed by atoms with E-state index in [2.05, 4.69) is 26.6 Å². The van der Waals surface area contributed by atoms with E-state index in [0.29, 0.717) is 27.2 Å². The molecule has 2 amide bonds. The molecule has 0 radical (unpaired) electrons. The highest BCUT2D eigenvalue weighted by molar-refractivity contribution is 9.10. The van der Waals surface area contributed by atoms with Gasteiger partial charge in [-0.25, -0.2) is 0 Å². The number of carbonyl (C=O) groups is 2. The molecule has 0 saturated carbocycles. The minimum absolute atomic E-state index is 0.209. The number of benzene rings is 3. The van der Waals surface area contributed by atoms with Gasteiger partial charge in [-0.2, -0.15) is 0 Å². The molecule has 0 fully saturated rings. The van der Waals surface area contributed by atoms with E-state index in [1.807, 2.05) is 48.5 Å². The third-order valence-electron chi connectivity index (χ3n) is 4.60. The summed E-state index contributed by atoms with van der Waals surface area (Å²) in [6.07, 6.45) is 3.03. The summed E-state index contributed by atoms with van der Waals surface area (Å²) < 4.78 is 6.42. The zero-order valence-corrected chi connectivity index (χ0v) is 18.5. The molecular weight excluding hydrogens is 468 g/mol. The van der Waals surface area contributed by atoms with E-state index in [0.717, 1.165) is 11.3 Å². The van der Waals surface area contributed by atoms with Crippen molar-refractivity contribution in [1.29, 1.82) is 0 Å². The molecule has 5 nitrogen and oxygen atoms in total. The van der Waals surface area contributed by atoms with E-state index < -0.39 is 0 Å². The molecule has 6 heteroatoms. The van der Waals surface area contributed by atoms with Crippen LogP contribution in [0.25, 0.3) is 17.4 Å². The first-order valence-electron chi connectivity index (χ1n) is 9.89. The van der Waals surface area contributed by atoms with Crippen molar-refractivity contribution < 1.29 is 14.0 Å². The maximum atomic E-state index is 12.3. The van der Waals surface area contributed by atoms with E-state index in [-0.39, 0.29) is 11.8 Å². The number of rotatable bonds is 6. The number of furan rings is 1. The van der Waals surface area contributed by atoms with Crippen LogP contribution in [0.5, 0.6) is 0 Å². The Morgan fingerprint density at radius 3 is 2.25 bits per heavy atom. The molecule has 0 spiro atoms. The number of carbonyl (C=O) groups excluding carboxylic acids is 2. The van der Waals surface area contributed by atoms with Gasteiger partial charge in [0.05, 0.1) is 5.69 Å². The van der Waals surface area contributed by atoms with Gasteiger partial charge in [-0.15, -0.1) is 0 Å². The summed E-state index contributed by atoms with van der Waals surface area (Å²) in [5, 5.41) is 5.64. The molecule has 4 aromatic rings. The summed E-state index contributed by atoms with van der Waals surface area (Å²) in [7, 11) is 0. The van der Waals surface area contributed by atoms with E-state index >= 15 is 0 Å². The second kappa shape index (κ2) is 9.94. The number of nitrogens with one attached hydrogen (secondary N) is 2. The van der Waals surface area contributed by atoms with Gasteiger partial charge in [0.1, 0.15) is 11.5 Å². The molecule has 4 rings (SSSR count). The largest absolute Gasteiger partial charge is 0.457 e. The molecule has 32 heavy (non-hydrogen) atoms. The van der Waals surface area contributed by atoms with Crippen molar-refractivity contribution in [2.45, 2.75) is 0 Å². The monoisotopic (exact) mass is 486 g/mol. The van der Waals surface area contributed by atoms with Crippen molar-refractivity contribution in [3.05, 3.63) is 113 Å². The van der Waals surface area contributed by atoms with Gasteiger partial charge in [-0.05, 0) is 64.5 Å². The van der Waals surface area contributed by atoms with Crippen molar-refractivity contribution >= 4 is 45.2 Å². The van der Waals surface area contributed by atoms with Crippen LogP contribution in [0, 0.1) is 0 Å². The van der Waals surface area contributed by atoms with Crippen LogP contribution in [-0.2, 0) is 4.79 Å². The van der Waals surface area contributed by atoms with E-state index in [4.69, 9.17) is 4.42 Å². The Morgan fingerprint density at radius 2 is 1.53 bits per heavy atom. The van der Waals surface area contributed by atoms with E-state index in [1.54, 1.807) is 48.5 Å². The highest BCUT2D eigenvalue weighted by Crippen LogP contribution is 2.27. The lowest BCUT2D eigenvalue weighted by molar-refractivity contribution is -0.111. The zero-order chi connectivity index (χ0) is 22.3. The minimum Gasteiger partial charge on any atom is -0.457 e. The van der Waals surface area contributed by atoms with E-state index in [9.17, 15) is 9.59 Å². The smallest absolute Gasteiger partial charge is 0.255 e. The first-order valence-corrected chi connectivity index (χ1v) is 10.7. The fourth-order valence-electron chi connectivity index (χ4n) is 3.02. The standard InChI is InChI=1S/C26H19BrN2O3/c27-22-17-20(11-14-23(22)29-26(31)19-9-5-2-6-10-19)28-25(30)16-13-21-12-15-24(32-21)18-7-3-1-4-8-18/h1-17H,(H,28,30)(H,29,31)/b16-13+. The van der Waals surface area contributed by atoms with Gasteiger partial charge in [0.15, 0.2) is 0 Å². The number of amides is 2. The molecule has 1 heterocycles. The Kier molecular flexibility index (Phi) is 6.63. The van der Waals surface area contributed by atoms with Gasteiger partial charge >= 0.3 is 0 Å². The molecule has 2 N–H and O–H groups in total. The van der Waals surface area contributed by atoms with E-state index in [1.165, 1.54) is 6.08 Å². The molecule has 1 aromatic heterocycles. The fraction of sp³-hybridized carbons (Fsp3) is 0. The van der Waals surface area contributed by atoms with Crippen molar-refractivity contribution in [1.82, 2.24) is 0 Å². The Morgan fingerprint density at radius 1 is 0.812 bits per heavy atom. The number of hydrogen-bond acceptors (Lipinski definition) is 3. The summed E-state index contributed by atoms with van der Waals surface area (Å²) >= 11 is 3.44. The van der Waals surface area contributed by atoms with Crippen LogP contribution in [0.4, 0.5) is 11.4 Å². The molecule has 0 saturated heterocycles. The van der Waals surface area contributed by atoms with Crippen LogP contribution in [0.2, 0.25) is 0 Å². The fourth-order valence-corrected chi connectivity index (χ4v) is 3.50. The van der Waals surface area contributed by atoms with Crippen LogP contribution in [0.1, 0.15) is 16.1 Å². The predicted octanol–water partition coefficient (Wildman–Crippen LogP) is 6.61. The minimum atomic E-state index is -0.296. The quantitative estimate of drug-likeness (QED) is 0.301. The summed E-state index contributed by atoms with van der Waals surface area (Å²) in [5.74, 6) is 0.817. The van der Waals surface area contributed by atoms with Crippen molar-refractivity contribution in [2.75, 3.05) is 10.6 Å². The van der Waals surface area contributed by atoms with Crippen LogP contribution in [-0.4, -0.2) is 11.8 Å². The molecule has 158 valence electrons. The first-order chi connectivity index (χ1) is 15.6. The van der Waals surface area contributed by atoms with Crippen LogP contribution < -0.4 is 10.6 Å². The lowest BCUT2D eigenvalue weighted by atomic mass is 10.2. The summed E-state index contributed by atoms with van der Waals surface area (Å²) in [6.45, 7) is 0. The topological polar surface area (TPSA) is 71.3 Å². The van der Waals surface area contributed by atoms with Gasteiger partial charge in [0.2, 0.25) is 5.91 Å². The van der Waals surface area contributed by atoms with Gasteiger partial charge in [0, 0.05) is 27.4 Å². The van der Waals surface area contributed by atoms with Gasteiger partial charge < -0.3 is 15.1 Å². The van der Waals surface area contributed by atoms with Crippen LogP contribution in [0.15, 0.2) is 106 Å². The number of hydrogen-bond donors (Lipinski definition) is 2. The Labute approximate surface area is 193 Å². The lowest BCUT2D eigenvalue weighted by Gasteiger charge is -2.09.